The summed E-state index contributed by atoms with van der Waals surface area (Å²) in [6.07, 6.45) is 1.56. The molecule has 2 unspecified atom stereocenters. The van der Waals surface area contributed by atoms with Crippen molar-refractivity contribution in [1.82, 2.24) is 9.88 Å². The van der Waals surface area contributed by atoms with E-state index >= 15 is 0 Å². The molecular formula is C25H29N3O2S. The van der Waals surface area contributed by atoms with Crippen molar-refractivity contribution in [2.45, 2.75) is 24.1 Å². The highest BCUT2D eigenvalue weighted by atomic mass is 32.2. The van der Waals surface area contributed by atoms with Crippen LogP contribution in [0.1, 0.15) is 21.1 Å². The van der Waals surface area contributed by atoms with Crippen LogP contribution < -0.4 is 15.2 Å². The van der Waals surface area contributed by atoms with E-state index in [0.717, 1.165) is 78.4 Å². The molecule has 1 saturated heterocycles. The van der Waals surface area contributed by atoms with Gasteiger partial charge < -0.3 is 14.6 Å². The number of hydrogen-bond donors (Lipinski definition) is 1. The van der Waals surface area contributed by atoms with Crippen molar-refractivity contribution < 1.29 is 7.48 Å². The van der Waals surface area contributed by atoms with Crippen LogP contribution in [0, 0.1) is 0 Å². The number of aromatic amines is 1. The van der Waals surface area contributed by atoms with Gasteiger partial charge in [0.1, 0.15) is 5.75 Å². The average Bonchev–Trinajstić information content (AvgIpc) is 3.13. The van der Waals surface area contributed by atoms with Gasteiger partial charge in [-0.1, -0.05) is 18.2 Å². The lowest BCUT2D eigenvalue weighted by Crippen LogP contribution is -2.47. The largest absolute Gasteiger partial charge is 0.491 e. The third-order valence-electron chi connectivity index (χ3n) is 6.03. The van der Waals surface area contributed by atoms with Crippen molar-refractivity contribution in [3.8, 4) is 5.75 Å². The molecule has 1 N–H and O–H groups in total. The Morgan fingerprint density at radius 2 is 1.90 bits per heavy atom. The fourth-order valence-electron chi connectivity index (χ4n) is 4.36. The van der Waals surface area contributed by atoms with Gasteiger partial charge in [-0.2, -0.15) is 0 Å². The molecule has 0 amide bonds. The summed E-state index contributed by atoms with van der Waals surface area (Å²) < 4.78 is 22.5. The van der Waals surface area contributed by atoms with Crippen LogP contribution >= 0.6 is 11.8 Å². The Hall–Kier alpha value is -2.44. The van der Waals surface area contributed by atoms with Crippen LogP contribution in [0.4, 0.5) is 5.69 Å². The predicted octanol–water partition coefficient (Wildman–Crippen LogP) is 4.16. The number of pyridine rings is 1. The second kappa shape index (κ2) is 9.37. The van der Waals surface area contributed by atoms with Gasteiger partial charge in [-0.15, -0.1) is 11.8 Å². The summed E-state index contributed by atoms with van der Waals surface area (Å²) in [4.78, 5) is 20.5. The standard InChI is InChI=1S/C25H29N3O2S/c29-24-10-9-19-5-3-7-22(25(19)26-24)30-17-2-1-12-27-13-15-28(16-14-27)21-6-4-8-23-20(21)11-18-31-23/h3-10H,1-2,11-18H2,(H,26,29)/i11D,18D. The maximum Gasteiger partial charge on any atom is 0.248 e. The van der Waals surface area contributed by atoms with Crippen molar-refractivity contribution in [2.24, 2.45) is 0 Å². The maximum absolute atomic E-state index is 11.6. The highest BCUT2D eigenvalue weighted by Crippen LogP contribution is 2.37. The van der Waals surface area contributed by atoms with E-state index in [0.29, 0.717) is 6.61 Å². The monoisotopic (exact) mass is 437 g/mol. The van der Waals surface area contributed by atoms with Crippen molar-refractivity contribution in [2.75, 3.05) is 50.0 Å². The topological polar surface area (TPSA) is 48.6 Å². The van der Waals surface area contributed by atoms with Crippen LogP contribution in [0.15, 0.2) is 58.2 Å². The summed E-state index contributed by atoms with van der Waals surface area (Å²) in [5.74, 6) is 0.731. The quantitative estimate of drug-likeness (QED) is 0.563. The number of anilines is 1. The van der Waals surface area contributed by atoms with E-state index in [2.05, 4.69) is 26.9 Å². The molecule has 0 saturated carbocycles. The second-order valence-electron chi connectivity index (χ2n) is 8.04. The van der Waals surface area contributed by atoms with Gasteiger partial charge >= 0.3 is 0 Å². The number of hydrogen-bond acceptors (Lipinski definition) is 5. The van der Waals surface area contributed by atoms with Gasteiger partial charge in [-0.25, -0.2) is 0 Å². The number of ether oxygens (including phenoxy) is 1. The van der Waals surface area contributed by atoms with E-state index in [4.69, 9.17) is 7.48 Å². The first-order chi connectivity index (χ1) is 16.1. The number of piperazine rings is 1. The fraction of sp³-hybridized carbons (Fsp3) is 0.400. The molecule has 2 aliphatic heterocycles. The SMILES string of the molecule is [2H]C1Sc2cccc(N3CCN(CCCCOc4cccc5ccc(=O)[nH]c45)CC3)c2C1[2H]. The number of rotatable bonds is 7. The number of para-hydroxylation sites is 1. The van der Waals surface area contributed by atoms with Gasteiger partial charge in [-0.05, 0) is 55.6 Å². The van der Waals surface area contributed by atoms with Gasteiger partial charge in [0.2, 0.25) is 5.56 Å². The van der Waals surface area contributed by atoms with Gasteiger partial charge in [0.05, 0.1) is 12.1 Å². The lowest BCUT2D eigenvalue weighted by molar-refractivity contribution is 0.239. The minimum absolute atomic E-state index is 0.116. The molecular weight excluding hydrogens is 406 g/mol. The molecule has 3 aromatic rings. The molecule has 0 bridgehead atoms. The van der Waals surface area contributed by atoms with E-state index in [-0.39, 0.29) is 5.56 Å². The van der Waals surface area contributed by atoms with E-state index in [1.807, 2.05) is 30.3 Å². The highest BCUT2D eigenvalue weighted by Gasteiger charge is 2.22. The molecule has 3 heterocycles. The average molecular weight is 438 g/mol. The molecule has 31 heavy (non-hydrogen) atoms. The van der Waals surface area contributed by atoms with Gasteiger partial charge in [0.15, 0.2) is 0 Å². The van der Waals surface area contributed by atoms with Gasteiger partial charge in [0, 0.05) is 56.7 Å². The Bertz CT molecular complexity index is 1180. The number of H-pyrrole nitrogens is 1. The third kappa shape index (κ3) is 4.60. The second-order valence-corrected chi connectivity index (χ2v) is 8.98. The Morgan fingerprint density at radius 3 is 2.81 bits per heavy atom. The van der Waals surface area contributed by atoms with Gasteiger partial charge in [0.25, 0.3) is 0 Å². The Kier molecular flexibility index (Phi) is 5.49. The number of benzene rings is 2. The molecule has 2 aromatic carbocycles. The molecule has 1 aromatic heterocycles. The maximum atomic E-state index is 11.6. The zero-order chi connectivity index (χ0) is 22.8. The summed E-state index contributed by atoms with van der Waals surface area (Å²) in [7, 11) is 0. The first-order valence-electron chi connectivity index (χ1n) is 12.1. The molecule has 6 heteroatoms. The van der Waals surface area contributed by atoms with Crippen LogP contribution in [0.5, 0.6) is 5.75 Å². The van der Waals surface area contributed by atoms with Crippen LogP contribution in [-0.4, -0.2) is 54.9 Å². The van der Waals surface area contributed by atoms with Crippen LogP contribution in [0.2, 0.25) is 0 Å². The summed E-state index contributed by atoms with van der Waals surface area (Å²) >= 11 is 1.51. The van der Waals surface area contributed by atoms with E-state index in [1.165, 1.54) is 17.8 Å². The van der Waals surface area contributed by atoms with E-state index in [1.54, 1.807) is 0 Å². The molecule has 2 atom stereocenters. The minimum atomic E-state index is -0.459. The normalized spacial score (nSPS) is 22.3. The van der Waals surface area contributed by atoms with E-state index in [9.17, 15) is 4.79 Å². The lowest BCUT2D eigenvalue weighted by atomic mass is 10.1. The van der Waals surface area contributed by atoms with Crippen molar-refractivity contribution in [1.29, 1.82) is 0 Å². The number of unbranched alkanes of at least 4 members (excludes halogenated alkanes) is 1. The van der Waals surface area contributed by atoms with Crippen LogP contribution in [0.3, 0.4) is 0 Å². The van der Waals surface area contributed by atoms with Crippen LogP contribution in [-0.2, 0) is 6.40 Å². The summed E-state index contributed by atoms with van der Waals surface area (Å²) in [5, 5.41) is 0.975. The number of thioether (sulfide) groups is 1. The summed E-state index contributed by atoms with van der Waals surface area (Å²) in [5.41, 5.74) is 2.42. The Morgan fingerprint density at radius 1 is 1.03 bits per heavy atom. The lowest BCUT2D eigenvalue weighted by Gasteiger charge is -2.37. The highest BCUT2D eigenvalue weighted by molar-refractivity contribution is 7.99. The minimum Gasteiger partial charge on any atom is -0.491 e. The number of nitrogens with zero attached hydrogens (tertiary/aromatic N) is 2. The molecule has 1 fully saturated rings. The predicted molar refractivity (Wildman–Crippen MR) is 129 cm³/mol. The third-order valence-corrected chi connectivity index (χ3v) is 6.92. The Labute approximate surface area is 190 Å². The first kappa shape index (κ1) is 18.2. The smallest absolute Gasteiger partial charge is 0.248 e. The molecule has 0 spiro atoms. The van der Waals surface area contributed by atoms with Crippen molar-refractivity contribution in [3.63, 3.8) is 0 Å². The van der Waals surface area contributed by atoms with E-state index < -0.39 is 12.1 Å². The van der Waals surface area contributed by atoms with Gasteiger partial charge in [-0.3, -0.25) is 9.69 Å². The van der Waals surface area contributed by atoms with Crippen molar-refractivity contribution >= 4 is 28.4 Å². The number of nitrogens with one attached hydrogen (secondary N) is 1. The molecule has 0 radical (unpaired) electrons. The van der Waals surface area contributed by atoms with Crippen LogP contribution in [0.25, 0.3) is 10.9 Å². The van der Waals surface area contributed by atoms with Crippen molar-refractivity contribution in [3.05, 3.63) is 64.4 Å². The number of aromatic nitrogens is 1. The first-order valence-corrected chi connectivity index (χ1v) is 11.8. The molecule has 162 valence electrons. The summed E-state index contributed by atoms with van der Waals surface area (Å²) in [6.45, 7) is 5.60. The molecule has 2 aliphatic rings. The fourth-order valence-corrected chi connectivity index (χ4v) is 5.16. The summed E-state index contributed by atoms with van der Waals surface area (Å²) in [6, 6.07) is 15.4. The zero-order valence-electron chi connectivity index (χ0n) is 19.5. The number of fused-ring (bicyclic) bond motifs is 2. The zero-order valence-corrected chi connectivity index (χ0v) is 18.4. The Balaban J connectivity index is 1.08. The molecule has 0 aliphatic carbocycles. The molecule has 5 nitrogen and oxygen atoms in total. The molecule has 5 rings (SSSR count).